The summed E-state index contributed by atoms with van der Waals surface area (Å²) in [4.78, 5) is 0. The third-order valence-corrected chi connectivity index (χ3v) is 8.89. The van der Waals surface area contributed by atoms with Crippen molar-refractivity contribution in [2.75, 3.05) is 13.2 Å². The summed E-state index contributed by atoms with van der Waals surface area (Å²) >= 11 is 0. The van der Waals surface area contributed by atoms with Gasteiger partial charge < -0.3 is 8.85 Å². The van der Waals surface area contributed by atoms with Crippen LogP contribution in [0.4, 0.5) is 0 Å². The van der Waals surface area contributed by atoms with Crippen LogP contribution in [0.2, 0.25) is 12.1 Å². The molecule has 1 atom stereocenters. The summed E-state index contributed by atoms with van der Waals surface area (Å²) in [6.07, 6.45) is 14.6. The van der Waals surface area contributed by atoms with Gasteiger partial charge in [-0.3, -0.25) is 0 Å². The van der Waals surface area contributed by atoms with Crippen molar-refractivity contribution < 1.29 is 8.85 Å². The molecule has 2 nitrogen and oxygen atoms in total. The first-order chi connectivity index (χ1) is 11.7. The van der Waals surface area contributed by atoms with E-state index in [1.165, 1.54) is 70.6 Å². The molecule has 0 aliphatic heterocycles. The highest BCUT2D eigenvalue weighted by atomic mass is 28.4. The highest BCUT2D eigenvalue weighted by molar-refractivity contribution is 6.67. The third-order valence-electron chi connectivity index (χ3n) is 5.32. The average molecular weight is 359 g/mol. The van der Waals surface area contributed by atoms with E-state index in [2.05, 4.69) is 34.6 Å². The largest absolute Gasteiger partial charge is 0.394 e. The molecule has 0 bridgehead atoms. The number of rotatable bonds is 18. The fourth-order valence-corrected chi connectivity index (χ4v) is 5.64. The van der Waals surface area contributed by atoms with Crippen LogP contribution in [0.25, 0.3) is 0 Å². The smallest absolute Gasteiger partial charge is 0.337 e. The van der Waals surface area contributed by atoms with E-state index in [4.69, 9.17) is 8.85 Å². The summed E-state index contributed by atoms with van der Waals surface area (Å²) in [5.41, 5.74) is 0. The molecule has 1 unspecified atom stereocenters. The Labute approximate surface area is 154 Å². The quantitative estimate of drug-likeness (QED) is 0.187. The molecule has 0 aliphatic rings. The van der Waals surface area contributed by atoms with Gasteiger partial charge >= 0.3 is 8.56 Å². The van der Waals surface area contributed by atoms with Crippen molar-refractivity contribution in [1.29, 1.82) is 0 Å². The van der Waals surface area contributed by atoms with Crippen LogP contribution in [0.1, 0.15) is 105 Å². The van der Waals surface area contributed by atoms with Crippen molar-refractivity contribution in [1.82, 2.24) is 0 Å². The first-order valence-corrected chi connectivity index (χ1v) is 13.2. The van der Waals surface area contributed by atoms with Crippen molar-refractivity contribution in [3.63, 3.8) is 0 Å². The second-order valence-corrected chi connectivity index (χ2v) is 11.1. The lowest BCUT2D eigenvalue weighted by Gasteiger charge is -2.30. The Bertz CT molecular complexity index is 254. The first-order valence-electron chi connectivity index (χ1n) is 11.0. The standard InChI is InChI=1S/C21H46O2Si/c1-6-11-13-14-15-16-17-19-22-24(9-4,10-5)23-20-21(8-3)18-12-7-2/h21H,6-20H2,1-5H3. The Balaban J connectivity index is 4.02. The Hall–Kier alpha value is 0.137. The number of hydrogen-bond acceptors (Lipinski definition) is 2. The molecular formula is C21H46O2Si. The number of unbranched alkanes of at least 4 members (excludes halogenated alkanes) is 7. The lowest BCUT2D eigenvalue weighted by molar-refractivity contribution is 0.137. The van der Waals surface area contributed by atoms with Gasteiger partial charge in [-0.2, -0.15) is 0 Å². The lowest BCUT2D eigenvalue weighted by atomic mass is 10.0. The summed E-state index contributed by atoms with van der Waals surface area (Å²) in [6, 6.07) is 2.18. The molecule has 0 aromatic carbocycles. The van der Waals surface area contributed by atoms with Gasteiger partial charge in [-0.1, -0.05) is 92.4 Å². The van der Waals surface area contributed by atoms with Crippen LogP contribution in [0.5, 0.6) is 0 Å². The predicted octanol–water partition coefficient (Wildman–Crippen LogP) is 7.47. The van der Waals surface area contributed by atoms with E-state index in [0.29, 0.717) is 0 Å². The summed E-state index contributed by atoms with van der Waals surface area (Å²) in [5, 5.41) is 0. The zero-order valence-electron chi connectivity index (χ0n) is 17.5. The van der Waals surface area contributed by atoms with E-state index >= 15 is 0 Å². The fraction of sp³-hybridized carbons (Fsp3) is 1.00. The van der Waals surface area contributed by atoms with Crippen LogP contribution in [-0.2, 0) is 8.85 Å². The lowest BCUT2D eigenvalue weighted by Crippen LogP contribution is -2.42. The van der Waals surface area contributed by atoms with E-state index in [0.717, 1.165) is 31.2 Å². The average Bonchev–Trinajstić information content (AvgIpc) is 2.62. The van der Waals surface area contributed by atoms with Gasteiger partial charge in [-0.15, -0.1) is 0 Å². The van der Waals surface area contributed by atoms with Crippen LogP contribution in [0.3, 0.4) is 0 Å². The van der Waals surface area contributed by atoms with Gasteiger partial charge in [-0.25, -0.2) is 0 Å². The molecule has 146 valence electrons. The molecule has 3 heteroatoms. The van der Waals surface area contributed by atoms with Crippen LogP contribution < -0.4 is 0 Å². The normalized spacial score (nSPS) is 13.4. The van der Waals surface area contributed by atoms with E-state index in [1.807, 2.05) is 0 Å². The second-order valence-electron chi connectivity index (χ2n) is 7.32. The zero-order valence-corrected chi connectivity index (χ0v) is 18.5. The number of hydrogen-bond donors (Lipinski definition) is 0. The SMILES string of the molecule is CCCCCCCCCO[Si](CC)(CC)OCC(CC)CCCC. The van der Waals surface area contributed by atoms with Crippen LogP contribution in [0, 0.1) is 5.92 Å². The molecule has 0 saturated heterocycles. The molecule has 24 heavy (non-hydrogen) atoms. The second kappa shape index (κ2) is 16.6. The third kappa shape index (κ3) is 11.6. The molecule has 0 radical (unpaired) electrons. The minimum atomic E-state index is -1.94. The molecule has 0 N–H and O–H groups in total. The predicted molar refractivity (Wildman–Crippen MR) is 110 cm³/mol. The van der Waals surface area contributed by atoms with Gasteiger partial charge in [0, 0.05) is 13.2 Å². The minimum absolute atomic E-state index is 0.720. The minimum Gasteiger partial charge on any atom is -0.394 e. The Kier molecular flexibility index (Phi) is 16.7. The fourth-order valence-electron chi connectivity index (χ4n) is 3.19. The highest BCUT2D eigenvalue weighted by Gasteiger charge is 2.34. The van der Waals surface area contributed by atoms with Gasteiger partial charge in [0.1, 0.15) is 0 Å². The van der Waals surface area contributed by atoms with Crippen molar-refractivity contribution in [2.45, 2.75) is 117 Å². The molecule has 0 aromatic rings. The van der Waals surface area contributed by atoms with Gasteiger partial charge in [0.2, 0.25) is 0 Å². The monoisotopic (exact) mass is 358 g/mol. The summed E-state index contributed by atoms with van der Waals surface area (Å²) in [5.74, 6) is 0.720. The maximum atomic E-state index is 6.45. The molecule has 0 amide bonds. The van der Waals surface area contributed by atoms with E-state index < -0.39 is 8.56 Å². The molecule has 0 rings (SSSR count). The molecule has 0 saturated carbocycles. The zero-order chi connectivity index (χ0) is 18.1. The maximum absolute atomic E-state index is 6.45. The summed E-state index contributed by atoms with van der Waals surface area (Å²) < 4.78 is 12.8. The summed E-state index contributed by atoms with van der Waals surface area (Å²) in [7, 11) is -1.94. The van der Waals surface area contributed by atoms with E-state index in [9.17, 15) is 0 Å². The maximum Gasteiger partial charge on any atom is 0.337 e. The molecule has 0 fully saturated rings. The molecule has 0 aromatic heterocycles. The molecule has 0 aliphatic carbocycles. The molecule has 0 spiro atoms. The molecular weight excluding hydrogens is 312 g/mol. The van der Waals surface area contributed by atoms with E-state index in [1.54, 1.807) is 0 Å². The first kappa shape index (κ1) is 24.1. The Morgan fingerprint density at radius 3 is 1.79 bits per heavy atom. The van der Waals surface area contributed by atoms with E-state index in [-0.39, 0.29) is 0 Å². The van der Waals surface area contributed by atoms with Crippen molar-refractivity contribution in [3.8, 4) is 0 Å². The van der Waals surface area contributed by atoms with Gasteiger partial charge in [0.15, 0.2) is 0 Å². The van der Waals surface area contributed by atoms with Crippen LogP contribution in [-0.4, -0.2) is 21.8 Å². The van der Waals surface area contributed by atoms with Crippen LogP contribution >= 0.6 is 0 Å². The van der Waals surface area contributed by atoms with Crippen molar-refractivity contribution in [2.24, 2.45) is 5.92 Å². The van der Waals surface area contributed by atoms with Gasteiger partial charge in [0.05, 0.1) is 0 Å². The highest BCUT2D eigenvalue weighted by Crippen LogP contribution is 2.23. The topological polar surface area (TPSA) is 18.5 Å². The Morgan fingerprint density at radius 1 is 0.667 bits per heavy atom. The van der Waals surface area contributed by atoms with Crippen molar-refractivity contribution >= 4 is 8.56 Å². The van der Waals surface area contributed by atoms with Crippen molar-refractivity contribution in [3.05, 3.63) is 0 Å². The Morgan fingerprint density at radius 2 is 1.25 bits per heavy atom. The van der Waals surface area contributed by atoms with Crippen LogP contribution in [0.15, 0.2) is 0 Å². The van der Waals surface area contributed by atoms with Gasteiger partial charge in [-0.05, 0) is 30.8 Å². The molecule has 0 heterocycles. The van der Waals surface area contributed by atoms with Gasteiger partial charge in [0.25, 0.3) is 0 Å². The summed E-state index contributed by atoms with van der Waals surface area (Å²) in [6.45, 7) is 13.2.